The summed E-state index contributed by atoms with van der Waals surface area (Å²) in [5, 5.41) is 10.6. The molecule has 1 saturated carbocycles. The van der Waals surface area contributed by atoms with Gasteiger partial charge < -0.3 is 10.0 Å². The lowest BCUT2D eigenvalue weighted by atomic mass is 9.71. The van der Waals surface area contributed by atoms with Crippen molar-refractivity contribution in [2.45, 2.75) is 70.9 Å². The summed E-state index contributed by atoms with van der Waals surface area (Å²) in [5.74, 6) is 1.43. The van der Waals surface area contributed by atoms with Crippen molar-refractivity contribution in [3.8, 4) is 0 Å². The molecule has 1 aliphatic carbocycles. The molecule has 0 aliphatic heterocycles. The molecular formula is C15H31NO. The van der Waals surface area contributed by atoms with E-state index in [-0.39, 0.29) is 11.6 Å². The van der Waals surface area contributed by atoms with E-state index < -0.39 is 0 Å². The number of aliphatic hydroxyl groups is 1. The number of aliphatic hydroxyl groups excluding tert-OH is 1. The van der Waals surface area contributed by atoms with Crippen molar-refractivity contribution >= 4 is 0 Å². The van der Waals surface area contributed by atoms with E-state index in [0.717, 1.165) is 31.6 Å². The van der Waals surface area contributed by atoms with E-state index in [1.54, 1.807) is 0 Å². The summed E-state index contributed by atoms with van der Waals surface area (Å²) in [4.78, 5) is 2.29. The second-order valence-corrected chi connectivity index (χ2v) is 6.69. The van der Waals surface area contributed by atoms with Crippen LogP contribution >= 0.6 is 0 Å². The fourth-order valence-corrected chi connectivity index (χ4v) is 3.33. The zero-order chi connectivity index (χ0) is 13.1. The minimum Gasteiger partial charge on any atom is -0.391 e. The van der Waals surface area contributed by atoms with Crippen LogP contribution in [-0.4, -0.2) is 35.7 Å². The summed E-state index contributed by atoms with van der Waals surface area (Å²) in [6.07, 6.45) is 6.81. The van der Waals surface area contributed by atoms with Crippen LogP contribution < -0.4 is 0 Å². The van der Waals surface area contributed by atoms with Crippen LogP contribution in [0.2, 0.25) is 0 Å². The molecule has 0 aromatic heterocycles. The molecule has 0 aromatic carbocycles. The Morgan fingerprint density at radius 1 is 1.29 bits per heavy atom. The maximum atomic E-state index is 10.6. The maximum absolute atomic E-state index is 10.6. The Morgan fingerprint density at radius 3 is 2.41 bits per heavy atom. The molecule has 102 valence electrons. The molecule has 1 fully saturated rings. The molecule has 3 atom stereocenters. The van der Waals surface area contributed by atoms with Gasteiger partial charge in [-0.25, -0.2) is 0 Å². The summed E-state index contributed by atoms with van der Waals surface area (Å²) in [6.45, 7) is 6.80. The van der Waals surface area contributed by atoms with Crippen molar-refractivity contribution in [1.82, 2.24) is 4.90 Å². The third-order valence-electron chi connectivity index (χ3n) is 4.54. The van der Waals surface area contributed by atoms with Crippen LogP contribution in [0.3, 0.4) is 0 Å². The first-order valence-electron chi connectivity index (χ1n) is 7.24. The molecule has 0 bridgehead atoms. The molecule has 0 amide bonds. The predicted octanol–water partition coefficient (Wildman–Crippen LogP) is 3.29. The van der Waals surface area contributed by atoms with Crippen molar-refractivity contribution in [1.29, 1.82) is 0 Å². The van der Waals surface area contributed by atoms with Crippen molar-refractivity contribution in [2.24, 2.45) is 11.8 Å². The quantitative estimate of drug-likeness (QED) is 0.798. The molecule has 0 spiro atoms. The molecule has 17 heavy (non-hydrogen) atoms. The van der Waals surface area contributed by atoms with E-state index in [2.05, 4.69) is 39.8 Å². The highest BCUT2D eigenvalue weighted by molar-refractivity contribution is 4.98. The third kappa shape index (κ3) is 3.69. The molecular weight excluding hydrogens is 210 g/mol. The minimum atomic E-state index is -0.164. The number of nitrogens with zero attached hydrogens (tertiary/aromatic N) is 1. The van der Waals surface area contributed by atoms with E-state index in [4.69, 9.17) is 0 Å². The zero-order valence-corrected chi connectivity index (χ0v) is 12.4. The first kappa shape index (κ1) is 15.0. The summed E-state index contributed by atoms with van der Waals surface area (Å²) in [5.41, 5.74) is 0.0343. The molecule has 0 heterocycles. The van der Waals surface area contributed by atoms with Gasteiger partial charge in [0.25, 0.3) is 0 Å². The van der Waals surface area contributed by atoms with E-state index in [1.165, 1.54) is 12.8 Å². The van der Waals surface area contributed by atoms with Gasteiger partial charge in [0.1, 0.15) is 0 Å². The summed E-state index contributed by atoms with van der Waals surface area (Å²) in [6, 6.07) is 0. The van der Waals surface area contributed by atoms with Gasteiger partial charge in [0.15, 0.2) is 0 Å². The Bertz CT molecular complexity index is 227. The van der Waals surface area contributed by atoms with Crippen molar-refractivity contribution in [3.63, 3.8) is 0 Å². The van der Waals surface area contributed by atoms with Gasteiger partial charge in [-0.15, -0.1) is 0 Å². The van der Waals surface area contributed by atoms with Crippen molar-refractivity contribution in [3.05, 3.63) is 0 Å². The molecule has 3 unspecified atom stereocenters. The average Bonchev–Trinajstić information content (AvgIpc) is 2.25. The summed E-state index contributed by atoms with van der Waals surface area (Å²) in [7, 11) is 4.27. The van der Waals surface area contributed by atoms with Gasteiger partial charge in [0, 0.05) is 5.54 Å². The van der Waals surface area contributed by atoms with Crippen LogP contribution in [0.15, 0.2) is 0 Å². The predicted molar refractivity (Wildman–Crippen MR) is 74.1 cm³/mol. The van der Waals surface area contributed by atoms with Gasteiger partial charge in [-0.05, 0) is 51.6 Å². The van der Waals surface area contributed by atoms with Crippen LogP contribution in [0, 0.1) is 11.8 Å². The fraction of sp³-hybridized carbons (Fsp3) is 1.00. The number of likely N-dealkylation sites (N-methyl/N-ethyl adjacent to an activating group) is 1. The minimum absolute atomic E-state index is 0.0343. The maximum Gasteiger partial charge on any atom is 0.0723 e. The summed E-state index contributed by atoms with van der Waals surface area (Å²) < 4.78 is 0. The topological polar surface area (TPSA) is 23.5 Å². The number of hydrogen-bond acceptors (Lipinski definition) is 2. The van der Waals surface area contributed by atoms with E-state index >= 15 is 0 Å². The smallest absolute Gasteiger partial charge is 0.0723 e. The van der Waals surface area contributed by atoms with E-state index in [9.17, 15) is 5.11 Å². The Labute approximate surface area is 107 Å². The van der Waals surface area contributed by atoms with E-state index in [1.807, 2.05) is 0 Å². The van der Waals surface area contributed by atoms with Gasteiger partial charge >= 0.3 is 0 Å². The number of rotatable bonds is 5. The highest BCUT2D eigenvalue weighted by Crippen LogP contribution is 2.39. The zero-order valence-electron chi connectivity index (χ0n) is 12.4. The van der Waals surface area contributed by atoms with Crippen LogP contribution in [0.25, 0.3) is 0 Å². The standard InChI is InChI=1S/C15H31NO/c1-12(2)8-9-14(17)15(16(4)5)10-6-7-13(3)11-15/h12-14,17H,6-11H2,1-5H3. The first-order chi connectivity index (χ1) is 7.88. The lowest BCUT2D eigenvalue weighted by molar-refractivity contribution is -0.0485. The molecule has 0 radical (unpaired) electrons. The first-order valence-corrected chi connectivity index (χ1v) is 7.24. The van der Waals surface area contributed by atoms with Crippen molar-refractivity contribution < 1.29 is 5.11 Å². The van der Waals surface area contributed by atoms with Crippen molar-refractivity contribution in [2.75, 3.05) is 14.1 Å². The van der Waals surface area contributed by atoms with Gasteiger partial charge in [0.05, 0.1) is 6.10 Å². The Balaban J connectivity index is 2.69. The van der Waals surface area contributed by atoms with Crippen LogP contribution in [0.4, 0.5) is 0 Å². The molecule has 1 rings (SSSR count). The highest BCUT2D eigenvalue weighted by atomic mass is 16.3. The Hall–Kier alpha value is -0.0800. The molecule has 2 heteroatoms. The second-order valence-electron chi connectivity index (χ2n) is 6.69. The Kier molecular flexibility index (Phi) is 5.46. The summed E-state index contributed by atoms with van der Waals surface area (Å²) >= 11 is 0. The number of hydrogen-bond donors (Lipinski definition) is 1. The SMILES string of the molecule is CC(C)CCC(O)C1(N(C)C)CCCC(C)C1. The van der Waals surface area contributed by atoms with Crippen LogP contribution in [0.5, 0.6) is 0 Å². The molecule has 2 nitrogen and oxygen atoms in total. The lowest BCUT2D eigenvalue weighted by Gasteiger charge is -2.48. The van der Waals surface area contributed by atoms with Gasteiger partial charge in [-0.1, -0.05) is 33.6 Å². The normalized spacial score (nSPS) is 32.1. The average molecular weight is 241 g/mol. The second kappa shape index (κ2) is 6.19. The van der Waals surface area contributed by atoms with Crippen LogP contribution in [0.1, 0.15) is 59.3 Å². The van der Waals surface area contributed by atoms with Gasteiger partial charge in [-0.2, -0.15) is 0 Å². The Morgan fingerprint density at radius 2 is 1.94 bits per heavy atom. The van der Waals surface area contributed by atoms with Gasteiger partial charge in [0.2, 0.25) is 0 Å². The molecule has 0 saturated heterocycles. The van der Waals surface area contributed by atoms with Crippen LogP contribution in [-0.2, 0) is 0 Å². The monoisotopic (exact) mass is 241 g/mol. The fourth-order valence-electron chi connectivity index (χ4n) is 3.33. The van der Waals surface area contributed by atoms with Gasteiger partial charge in [-0.3, -0.25) is 0 Å². The molecule has 0 aromatic rings. The largest absolute Gasteiger partial charge is 0.391 e. The molecule has 1 aliphatic rings. The van der Waals surface area contributed by atoms with E-state index in [0.29, 0.717) is 5.92 Å². The third-order valence-corrected chi connectivity index (χ3v) is 4.54. The highest BCUT2D eigenvalue weighted by Gasteiger charge is 2.42. The molecule has 1 N–H and O–H groups in total. The lowest BCUT2D eigenvalue weighted by Crippen LogP contribution is -2.56.